The molecule has 2 aromatic carbocycles. The molecule has 0 unspecified atom stereocenters. The number of sulfonamides is 1. The minimum Gasteiger partial charge on any atom is -0.325 e. The molecule has 0 heterocycles. The van der Waals surface area contributed by atoms with E-state index in [0.717, 1.165) is 22.5 Å². The zero-order valence-corrected chi connectivity index (χ0v) is 16.5. The molecule has 1 amide bonds. The van der Waals surface area contributed by atoms with E-state index < -0.39 is 10.0 Å². The third-order valence-electron chi connectivity index (χ3n) is 4.18. The lowest BCUT2D eigenvalue weighted by molar-refractivity contribution is -0.114. The molecule has 0 fully saturated rings. The highest BCUT2D eigenvalue weighted by atomic mass is 32.2. The molecule has 0 saturated carbocycles. The van der Waals surface area contributed by atoms with Crippen molar-refractivity contribution in [3.05, 3.63) is 59.7 Å². The summed E-state index contributed by atoms with van der Waals surface area (Å²) in [6.45, 7) is 5.93. The Morgan fingerprint density at radius 2 is 1.62 bits per heavy atom. The Morgan fingerprint density at radius 3 is 2.08 bits per heavy atom. The standard InChI is InChI=1S/C20H26N2O3S/c1-5-16-6-10-18(11-7-16)21-20(23)14-22(26(4,24)25)19-12-8-17(9-13-19)15(2)3/h6-13,15H,5,14H2,1-4H3,(H,21,23). The van der Waals surface area contributed by atoms with Crippen LogP contribution in [-0.4, -0.2) is 27.1 Å². The number of rotatable bonds is 7. The maximum atomic E-state index is 12.4. The molecule has 0 aliphatic heterocycles. The first-order chi connectivity index (χ1) is 12.2. The number of carbonyl (C=O) groups excluding carboxylic acids is 1. The van der Waals surface area contributed by atoms with Gasteiger partial charge in [-0.15, -0.1) is 0 Å². The van der Waals surface area contributed by atoms with Crippen LogP contribution in [0.5, 0.6) is 0 Å². The van der Waals surface area contributed by atoms with Gasteiger partial charge in [-0.3, -0.25) is 9.10 Å². The summed E-state index contributed by atoms with van der Waals surface area (Å²) >= 11 is 0. The van der Waals surface area contributed by atoms with Crippen molar-refractivity contribution in [2.24, 2.45) is 0 Å². The van der Waals surface area contributed by atoms with Crippen LogP contribution < -0.4 is 9.62 Å². The minimum atomic E-state index is -3.58. The van der Waals surface area contributed by atoms with E-state index in [-0.39, 0.29) is 12.5 Å². The molecule has 0 atom stereocenters. The van der Waals surface area contributed by atoms with Gasteiger partial charge < -0.3 is 5.32 Å². The van der Waals surface area contributed by atoms with Crippen LogP contribution in [-0.2, 0) is 21.2 Å². The van der Waals surface area contributed by atoms with Crippen molar-refractivity contribution in [3.8, 4) is 0 Å². The number of amides is 1. The number of carbonyl (C=O) groups is 1. The normalized spacial score (nSPS) is 11.4. The minimum absolute atomic E-state index is 0.268. The monoisotopic (exact) mass is 374 g/mol. The van der Waals surface area contributed by atoms with E-state index in [0.29, 0.717) is 17.3 Å². The topological polar surface area (TPSA) is 66.5 Å². The van der Waals surface area contributed by atoms with Gasteiger partial charge >= 0.3 is 0 Å². The molecule has 0 aliphatic rings. The molecule has 0 aromatic heterocycles. The molecule has 0 saturated heterocycles. The fourth-order valence-corrected chi connectivity index (χ4v) is 3.44. The van der Waals surface area contributed by atoms with Crippen LogP contribution in [0.1, 0.15) is 37.8 Å². The first-order valence-corrected chi connectivity index (χ1v) is 10.5. The van der Waals surface area contributed by atoms with Gasteiger partial charge in [0.25, 0.3) is 0 Å². The lowest BCUT2D eigenvalue weighted by Gasteiger charge is -2.22. The van der Waals surface area contributed by atoms with Crippen molar-refractivity contribution >= 4 is 27.3 Å². The lowest BCUT2D eigenvalue weighted by atomic mass is 10.0. The first kappa shape index (κ1) is 20.0. The number of nitrogens with zero attached hydrogens (tertiary/aromatic N) is 1. The maximum Gasteiger partial charge on any atom is 0.245 e. The molecule has 1 N–H and O–H groups in total. The van der Waals surface area contributed by atoms with Crippen molar-refractivity contribution in [3.63, 3.8) is 0 Å². The van der Waals surface area contributed by atoms with E-state index in [9.17, 15) is 13.2 Å². The Kier molecular flexibility index (Phi) is 6.42. The van der Waals surface area contributed by atoms with Gasteiger partial charge in [-0.05, 0) is 47.7 Å². The van der Waals surface area contributed by atoms with E-state index in [2.05, 4.69) is 26.1 Å². The van der Waals surface area contributed by atoms with Gasteiger partial charge in [-0.1, -0.05) is 45.0 Å². The van der Waals surface area contributed by atoms with Gasteiger partial charge in [0, 0.05) is 5.69 Å². The number of hydrogen-bond acceptors (Lipinski definition) is 3. The molecular weight excluding hydrogens is 348 g/mol. The molecule has 26 heavy (non-hydrogen) atoms. The van der Waals surface area contributed by atoms with E-state index in [1.807, 2.05) is 36.4 Å². The maximum absolute atomic E-state index is 12.4. The van der Waals surface area contributed by atoms with Gasteiger partial charge in [-0.25, -0.2) is 8.42 Å². The van der Waals surface area contributed by atoms with Crippen LogP contribution in [0, 0.1) is 0 Å². The third-order valence-corrected chi connectivity index (χ3v) is 5.32. The van der Waals surface area contributed by atoms with Crippen LogP contribution in [0.25, 0.3) is 0 Å². The molecule has 0 radical (unpaired) electrons. The van der Waals surface area contributed by atoms with E-state index in [1.54, 1.807) is 12.1 Å². The van der Waals surface area contributed by atoms with Gasteiger partial charge in [0.15, 0.2) is 0 Å². The number of aryl methyl sites for hydroxylation is 1. The van der Waals surface area contributed by atoms with E-state index in [1.165, 1.54) is 5.56 Å². The van der Waals surface area contributed by atoms with Gasteiger partial charge in [0.2, 0.25) is 15.9 Å². The highest BCUT2D eigenvalue weighted by molar-refractivity contribution is 7.92. The van der Waals surface area contributed by atoms with Crippen molar-refractivity contribution in [2.75, 3.05) is 22.4 Å². The smallest absolute Gasteiger partial charge is 0.245 e. The van der Waals surface area contributed by atoms with Crippen LogP contribution in [0.4, 0.5) is 11.4 Å². The van der Waals surface area contributed by atoms with Crippen LogP contribution in [0.2, 0.25) is 0 Å². The average Bonchev–Trinajstić information content (AvgIpc) is 2.59. The first-order valence-electron chi connectivity index (χ1n) is 8.67. The van der Waals surface area contributed by atoms with Crippen molar-refractivity contribution in [2.45, 2.75) is 33.1 Å². The van der Waals surface area contributed by atoms with Crippen LogP contribution >= 0.6 is 0 Å². The predicted octanol–water partition coefficient (Wildman–Crippen LogP) is 3.78. The van der Waals surface area contributed by atoms with Gasteiger partial charge in [0.05, 0.1) is 11.9 Å². The van der Waals surface area contributed by atoms with Crippen LogP contribution in [0.15, 0.2) is 48.5 Å². The second kappa shape index (κ2) is 8.36. The summed E-state index contributed by atoms with van der Waals surface area (Å²) in [6, 6.07) is 14.8. The Bertz CT molecular complexity index is 842. The number of benzene rings is 2. The molecular formula is C20H26N2O3S. The summed E-state index contributed by atoms with van der Waals surface area (Å²) in [4.78, 5) is 12.4. The highest BCUT2D eigenvalue weighted by Crippen LogP contribution is 2.22. The third kappa shape index (κ3) is 5.33. The largest absolute Gasteiger partial charge is 0.325 e. The number of anilines is 2. The SMILES string of the molecule is CCc1ccc(NC(=O)CN(c2ccc(C(C)C)cc2)S(C)(=O)=O)cc1. The molecule has 0 aliphatic carbocycles. The second-order valence-corrected chi connectivity index (χ2v) is 8.52. The molecule has 2 aromatic rings. The molecule has 2 rings (SSSR count). The number of hydrogen-bond donors (Lipinski definition) is 1. The zero-order valence-electron chi connectivity index (χ0n) is 15.7. The summed E-state index contributed by atoms with van der Waals surface area (Å²) in [5, 5.41) is 2.75. The van der Waals surface area contributed by atoms with Crippen molar-refractivity contribution in [1.29, 1.82) is 0 Å². The second-order valence-electron chi connectivity index (χ2n) is 6.61. The van der Waals surface area contributed by atoms with Gasteiger partial charge in [0.1, 0.15) is 6.54 Å². The summed E-state index contributed by atoms with van der Waals surface area (Å²) in [6.07, 6.45) is 2.02. The van der Waals surface area contributed by atoms with Gasteiger partial charge in [-0.2, -0.15) is 0 Å². The molecule has 0 bridgehead atoms. The van der Waals surface area contributed by atoms with Crippen molar-refractivity contribution in [1.82, 2.24) is 0 Å². The Labute approximate surface area is 156 Å². The summed E-state index contributed by atoms with van der Waals surface area (Å²) in [5.74, 6) is -0.0299. The predicted molar refractivity (Wildman–Crippen MR) is 107 cm³/mol. The zero-order chi connectivity index (χ0) is 19.3. The summed E-state index contributed by atoms with van der Waals surface area (Å²) in [5.41, 5.74) is 3.41. The molecule has 5 nitrogen and oxygen atoms in total. The lowest BCUT2D eigenvalue weighted by Crippen LogP contribution is -2.37. The molecule has 6 heteroatoms. The van der Waals surface area contributed by atoms with E-state index >= 15 is 0 Å². The fourth-order valence-electron chi connectivity index (χ4n) is 2.58. The Morgan fingerprint density at radius 1 is 1.04 bits per heavy atom. The Balaban J connectivity index is 2.15. The Hall–Kier alpha value is -2.34. The van der Waals surface area contributed by atoms with Crippen LogP contribution in [0.3, 0.4) is 0 Å². The molecule has 0 spiro atoms. The average molecular weight is 375 g/mol. The van der Waals surface area contributed by atoms with Crippen molar-refractivity contribution < 1.29 is 13.2 Å². The number of nitrogens with one attached hydrogen (secondary N) is 1. The fraction of sp³-hybridized carbons (Fsp3) is 0.350. The molecule has 140 valence electrons. The van der Waals surface area contributed by atoms with E-state index in [4.69, 9.17) is 0 Å². The highest BCUT2D eigenvalue weighted by Gasteiger charge is 2.21. The summed E-state index contributed by atoms with van der Waals surface area (Å²) in [7, 11) is -3.58. The summed E-state index contributed by atoms with van der Waals surface area (Å²) < 4.78 is 25.5. The quantitative estimate of drug-likeness (QED) is 0.802.